The molecule has 0 spiro atoms. The van der Waals surface area contributed by atoms with Crippen molar-refractivity contribution >= 4 is 17.4 Å². The number of benzene rings is 1. The van der Waals surface area contributed by atoms with Gasteiger partial charge in [-0.05, 0) is 36.6 Å². The minimum absolute atomic E-state index is 0.521. The lowest BCUT2D eigenvalue weighted by Gasteiger charge is -2.22. The Morgan fingerprint density at radius 3 is 2.53 bits per heavy atom. The quantitative estimate of drug-likeness (QED) is 0.842. The van der Waals surface area contributed by atoms with Gasteiger partial charge in [0, 0.05) is 16.6 Å². The molecular weight excluding hydrogens is 256 g/mol. The molecule has 0 amide bonds. The molecule has 0 fully saturated rings. The third-order valence-corrected chi connectivity index (χ3v) is 3.96. The molecular formula is C14H20N4S. The van der Waals surface area contributed by atoms with Crippen LogP contribution >= 0.6 is 11.8 Å². The van der Waals surface area contributed by atoms with E-state index < -0.39 is 0 Å². The summed E-state index contributed by atoms with van der Waals surface area (Å²) in [7, 11) is 0. The summed E-state index contributed by atoms with van der Waals surface area (Å²) in [5.41, 5.74) is 1.17. The van der Waals surface area contributed by atoms with Crippen LogP contribution in [0.15, 0.2) is 40.6 Å². The summed E-state index contributed by atoms with van der Waals surface area (Å²) in [6.07, 6.45) is 2.65. The van der Waals surface area contributed by atoms with Gasteiger partial charge in [0.1, 0.15) is 6.33 Å². The maximum absolute atomic E-state index is 4.10. The molecule has 1 atom stereocenters. The van der Waals surface area contributed by atoms with E-state index in [0.717, 1.165) is 16.5 Å². The molecule has 2 rings (SSSR count). The lowest BCUT2D eigenvalue weighted by Crippen LogP contribution is -2.24. The van der Waals surface area contributed by atoms with Crippen LogP contribution in [0.1, 0.15) is 27.2 Å². The zero-order valence-corrected chi connectivity index (χ0v) is 12.4. The Labute approximate surface area is 118 Å². The first kappa shape index (κ1) is 13.9. The van der Waals surface area contributed by atoms with Gasteiger partial charge in [-0.25, -0.2) is 4.98 Å². The summed E-state index contributed by atoms with van der Waals surface area (Å²) >= 11 is 1.58. The first-order valence-electron chi connectivity index (χ1n) is 6.59. The Balaban J connectivity index is 1.98. The highest BCUT2D eigenvalue weighted by Crippen LogP contribution is 2.25. The smallest absolute Gasteiger partial charge is 0.188 e. The molecule has 0 aliphatic rings. The van der Waals surface area contributed by atoms with Crippen LogP contribution in [0.5, 0.6) is 0 Å². The summed E-state index contributed by atoms with van der Waals surface area (Å²) in [6, 6.07) is 8.95. The average molecular weight is 276 g/mol. The number of nitrogens with one attached hydrogen (secondary N) is 2. The van der Waals surface area contributed by atoms with E-state index in [0.29, 0.717) is 12.0 Å². The molecule has 1 unspecified atom stereocenters. The first-order valence-corrected chi connectivity index (χ1v) is 7.40. The highest BCUT2D eigenvalue weighted by atomic mass is 32.2. The lowest BCUT2D eigenvalue weighted by molar-refractivity contribution is 0.511. The molecule has 5 heteroatoms. The fourth-order valence-corrected chi connectivity index (χ4v) is 2.62. The van der Waals surface area contributed by atoms with Crippen molar-refractivity contribution in [3.63, 3.8) is 0 Å². The molecule has 1 aromatic carbocycles. The largest absolute Gasteiger partial charge is 0.382 e. The van der Waals surface area contributed by atoms with Crippen molar-refractivity contribution in [2.75, 3.05) is 5.32 Å². The van der Waals surface area contributed by atoms with E-state index >= 15 is 0 Å². The highest BCUT2D eigenvalue weighted by molar-refractivity contribution is 7.99. The number of rotatable bonds is 6. The van der Waals surface area contributed by atoms with E-state index in [-0.39, 0.29) is 0 Å². The number of aromatic nitrogens is 3. The second-order valence-electron chi connectivity index (χ2n) is 4.82. The molecule has 4 nitrogen and oxygen atoms in total. The fourth-order valence-electron chi connectivity index (χ4n) is 1.93. The van der Waals surface area contributed by atoms with E-state index in [1.807, 2.05) is 0 Å². The standard InChI is InChI=1S/C14H20N4S/c1-4-13(10(2)3)17-11-5-7-12(8-6-11)19-14-15-9-16-18-14/h5-10,13,17H,4H2,1-3H3,(H,15,16,18). The SMILES string of the molecule is CCC(Nc1ccc(Sc2ncn[nH]2)cc1)C(C)C. The number of anilines is 1. The van der Waals surface area contributed by atoms with Gasteiger partial charge in [0.05, 0.1) is 0 Å². The molecule has 0 radical (unpaired) electrons. The summed E-state index contributed by atoms with van der Waals surface area (Å²) < 4.78 is 0. The van der Waals surface area contributed by atoms with E-state index in [2.05, 4.69) is 65.5 Å². The molecule has 102 valence electrons. The van der Waals surface area contributed by atoms with Crippen molar-refractivity contribution in [2.24, 2.45) is 5.92 Å². The summed E-state index contributed by atoms with van der Waals surface area (Å²) in [5.74, 6) is 0.633. The van der Waals surface area contributed by atoms with Crippen LogP contribution in [0.4, 0.5) is 5.69 Å². The Bertz CT molecular complexity index is 479. The maximum atomic E-state index is 4.10. The van der Waals surface area contributed by atoms with Crippen LogP contribution in [-0.4, -0.2) is 21.2 Å². The Morgan fingerprint density at radius 1 is 1.26 bits per heavy atom. The molecule has 0 aliphatic carbocycles. The van der Waals surface area contributed by atoms with Crippen LogP contribution in [0, 0.1) is 5.92 Å². The number of nitrogens with zero attached hydrogens (tertiary/aromatic N) is 2. The predicted octanol–water partition coefficient (Wildman–Crippen LogP) is 3.80. The van der Waals surface area contributed by atoms with Gasteiger partial charge in [0.2, 0.25) is 0 Å². The van der Waals surface area contributed by atoms with E-state index in [1.54, 1.807) is 11.8 Å². The van der Waals surface area contributed by atoms with Crippen LogP contribution in [0.25, 0.3) is 0 Å². The fraction of sp³-hybridized carbons (Fsp3) is 0.429. The number of hydrogen-bond acceptors (Lipinski definition) is 4. The first-order chi connectivity index (χ1) is 9.19. The van der Waals surface area contributed by atoms with Gasteiger partial charge in [-0.1, -0.05) is 32.5 Å². The normalized spacial score (nSPS) is 12.6. The van der Waals surface area contributed by atoms with Crippen LogP contribution in [0.2, 0.25) is 0 Å². The van der Waals surface area contributed by atoms with E-state index in [4.69, 9.17) is 0 Å². The second kappa shape index (κ2) is 6.61. The van der Waals surface area contributed by atoms with Crippen LogP contribution in [0.3, 0.4) is 0 Å². The summed E-state index contributed by atoms with van der Waals surface area (Å²) in [5, 5.41) is 11.1. The molecule has 2 N–H and O–H groups in total. The van der Waals surface area contributed by atoms with Crippen molar-refractivity contribution < 1.29 is 0 Å². The molecule has 2 aromatic rings. The molecule has 0 saturated carbocycles. The minimum atomic E-state index is 0.521. The average Bonchev–Trinajstić information content (AvgIpc) is 2.90. The van der Waals surface area contributed by atoms with E-state index in [9.17, 15) is 0 Å². The second-order valence-corrected chi connectivity index (χ2v) is 5.88. The van der Waals surface area contributed by atoms with Crippen LogP contribution < -0.4 is 5.32 Å². The van der Waals surface area contributed by atoms with Crippen LogP contribution in [-0.2, 0) is 0 Å². The zero-order chi connectivity index (χ0) is 13.7. The molecule has 1 aromatic heterocycles. The van der Waals surface area contributed by atoms with Crippen molar-refractivity contribution in [3.8, 4) is 0 Å². The Morgan fingerprint density at radius 2 is 2.00 bits per heavy atom. The molecule has 0 saturated heterocycles. The third kappa shape index (κ3) is 3.99. The van der Waals surface area contributed by atoms with E-state index in [1.165, 1.54) is 12.0 Å². The van der Waals surface area contributed by atoms with Gasteiger partial charge in [-0.2, -0.15) is 5.10 Å². The van der Waals surface area contributed by atoms with Gasteiger partial charge in [0.25, 0.3) is 0 Å². The van der Waals surface area contributed by atoms with Gasteiger partial charge in [0.15, 0.2) is 5.16 Å². The monoisotopic (exact) mass is 276 g/mol. The number of hydrogen-bond donors (Lipinski definition) is 2. The molecule has 0 bridgehead atoms. The topological polar surface area (TPSA) is 53.6 Å². The van der Waals surface area contributed by atoms with Gasteiger partial charge >= 0.3 is 0 Å². The molecule has 0 aliphatic heterocycles. The molecule has 1 heterocycles. The number of aromatic amines is 1. The van der Waals surface area contributed by atoms with Gasteiger partial charge in [-0.3, -0.25) is 5.10 Å². The maximum Gasteiger partial charge on any atom is 0.188 e. The molecule has 19 heavy (non-hydrogen) atoms. The van der Waals surface area contributed by atoms with Crippen molar-refractivity contribution in [1.82, 2.24) is 15.2 Å². The number of H-pyrrole nitrogens is 1. The summed E-state index contributed by atoms with van der Waals surface area (Å²) in [6.45, 7) is 6.70. The Kier molecular flexibility index (Phi) is 4.85. The third-order valence-electron chi connectivity index (χ3n) is 3.06. The lowest BCUT2D eigenvalue weighted by atomic mass is 10.0. The highest BCUT2D eigenvalue weighted by Gasteiger charge is 2.10. The van der Waals surface area contributed by atoms with Crippen molar-refractivity contribution in [1.29, 1.82) is 0 Å². The summed E-state index contributed by atoms with van der Waals surface area (Å²) in [4.78, 5) is 5.25. The van der Waals surface area contributed by atoms with Crippen molar-refractivity contribution in [3.05, 3.63) is 30.6 Å². The Hall–Kier alpha value is -1.49. The predicted molar refractivity (Wildman–Crippen MR) is 79.5 cm³/mol. The van der Waals surface area contributed by atoms with Crippen molar-refractivity contribution in [2.45, 2.75) is 43.3 Å². The zero-order valence-electron chi connectivity index (χ0n) is 11.6. The minimum Gasteiger partial charge on any atom is -0.382 e. The van der Waals surface area contributed by atoms with Gasteiger partial charge < -0.3 is 5.32 Å². The van der Waals surface area contributed by atoms with Gasteiger partial charge in [-0.15, -0.1) is 0 Å².